The van der Waals surface area contributed by atoms with Gasteiger partial charge < -0.3 is 8.98 Å². The molecule has 3 rings (SSSR count). The van der Waals surface area contributed by atoms with Crippen LogP contribution in [0.5, 0.6) is 0 Å². The normalized spacial score (nSPS) is 10.8. The minimum Gasteiger partial charge on any atom is -0.421 e. The Balaban J connectivity index is 2.20. The van der Waals surface area contributed by atoms with E-state index in [0.717, 1.165) is 11.3 Å². The Morgan fingerprint density at radius 1 is 1.06 bits per heavy atom. The van der Waals surface area contributed by atoms with Crippen molar-refractivity contribution in [3.8, 4) is 17.0 Å². The second-order valence-corrected chi connectivity index (χ2v) is 3.57. The summed E-state index contributed by atoms with van der Waals surface area (Å²) in [5, 5.41) is 0. The summed E-state index contributed by atoms with van der Waals surface area (Å²) in [7, 11) is 0. The minimum absolute atomic E-state index is 0.305. The van der Waals surface area contributed by atoms with E-state index in [1.807, 2.05) is 53.4 Å². The Kier molecular flexibility index (Phi) is 1.90. The molecule has 2 aliphatic heterocycles. The van der Waals surface area contributed by atoms with Crippen LogP contribution in [0.2, 0.25) is 0 Å². The second-order valence-electron chi connectivity index (χ2n) is 3.57. The van der Waals surface area contributed by atoms with E-state index in [0.29, 0.717) is 5.76 Å². The van der Waals surface area contributed by atoms with Gasteiger partial charge in [0, 0.05) is 23.5 Å². The molecule has 0 fully saturated rings. The van der Waals surface area contributed by atoms with Gasteiger partial charge >= 0.3 is 5.63 Å². The van der Waals surface area contributed by atoms with Crippen molar-refractivity contribution in [2.24, 2.45) is 0 Å². The summed E-state index contributed by atoms with van der Waals surface area (Å²) in [6.07, 6.45) is 3.72. The lowest BCUT2D eigenvalue weighted by Gasteiger charge is -2.07. The largest absolute Gasteiger partial charge is 0.421 e. The zero-order chi connectivity index (χ0) is 11.0. The van der Waals surface area contributed by atoms with Crippen molar-refractivity contribution in [2.45, 2.75) is 0 Å². The minimum atomic E-state index is -0.305. The maximum Gasteiger partial charge on any atom is 0.336 e. The molecule has 2 aliphatic rings. The first kappa shape index (κ1) is 8.97. The number of furan rings is 1. The highest BCUT2D eigenvalue weighted by molar-refractivity contribution is 5.58. The fourth-order valence-electron chi connectivity index (χ4n) is 1.72. The predicted octanol–water partition coefficient (Wildman–Crippen LogP) is 2.54. The molecule has 0 amide bonds. The van der Waals surface area contributed by atoms with Gasteiger partial charge in [0.2, 0.25) is 0 Å². The van der Waals surface area contributed by atoms with Gasteiger partial charge in [-0.3, -0.25) is 0 Å². The van der Waals surface area contributed by atoms with Crippen LogP contribution in [0.1, 0.15) is 0 Å². The lowest BCUT2D eigenvalue weighted by atomic mass is 10.2. The number of hydrogen-bond donors (Lipinski definition) is 0. The van der Waals surface area contributed by atoms with E-state index >= 15 is 0 Å². The van der Waals surface area contributed by atoms with Crippen LogP contribution in [0, 0.1) is 0 Å². The Morgan fingerprint density at radius 2 is 1.88 bits per heavy atom. The van der Waals surface area contributed by atoms with Gasteiger partial charge in [-0.25, -0.2) is 4.79 Å². The lowest BCUT2D eigenvalue weighted by molar-refractivity contribution is 0.541. The van der Waals surface area contributed by atoms with E-state index in [1.54, 1.807) is 0 Å². The van der Waals surface area contributed by atoms with Crippen LogP contribution in [-0.4, -0.2) is 4.57 Å². The average molecular weight is 211 g/mol. The van der Waals surface area contributed by atoms with Crippen molar-refractivity contribution >= 4 is 0 Å². The Hall–Kier alpha value is -2.29. The molecule has 0 radical (unpaired) electrons. The summed E-state index contributed by atoms with van der Waals surface area (Å²) in [5.74, 6) is 0.608. The first-order valence-electron chi connectivity index (χ1n) is 5.00. The molecule has 0 aromatic heterocycles. The summed E-state index contributed by atoms with van der Waals surface area (Å²) in [5.41, 5.74) is 1.56. The summed E-state index contributed by atoms with van der Waals surface area (Å²) in [4.78, 5) is 11.1. The highest BCUT2D eigenvalue weighted by Crippen LogP contribution is 2.20. The number of aromatic nitrogens is 1. The molecule has 0 bridgehead atoms. The molecular formula is C13H9NO2. The van der Waals surface area contributed by atoms with Crippen molar-refractivity contribution in [3.63, 3.8) is 0 Å². The lowest BCUT2D eigenvalue weighted by Crippen LogP contribution is -1.94. The van der Waals surface area contributed by atoms with Crippen LogP contribution in [0.15, 0.2) is 64.1 Å². The van der Waals surface area contributed by atoms with E-state index < -0.39 is 0 Å². The molecule has 0 aliphatic carbocycles. The molecule has 16 heavy (non-hydrogen) atoms. The average Bonchev–Trinajstić information content (AvgIpc) is 2.69. The topological polar surface area (TPSA) is 35.1 Å². The quantitative estimate of drug-likeness (QED) is 0.620. The molecule has 3 nitrogen and oxygen atoms in total. The second kappa shape index (κ2) is 3.38. The van der Waals surface area contributed by atoms with Crippen molar-refractivity contribution in [3.05, 3.63) is 65.3 Å². The molecule has 1 aromatic carbocycles. The summed E-state index contributed by atoms with van der Waals surface area (Å²) < 4.78 is 6.98. The molecule has 0 saturated heterocycles. The number of hydrogen-bond acceptors (Lipinski definition) is 2. The molecule has 0 atom stereocenters. The van der Waals surface area contributed by atoms with Gasteiger partial charge in [0.1, 0.15) is 0 Å². The Morgan fingerprint density at radius 3 is 2.69 bits per heavy atom. The van der Waals surface area contributed by atoms with E-state index in [2.05, 4.69) is 0 Å². The molecule has 0 spiro atoms. The van der Waals surface area contributed by atoms with Gasteiger partial charge in [0.25, 0.3) is 0 Å². The van der Waals surface area contributed by atoms with Crippen molar-refractivity contribution < 1.29 is 4.42 Å². The van der Waals surface area contributed by atoms with E-state index in [9.17, 15) is 4.79 Å². The number of fused-ring (bicyclic) bond motifs is 1. The van der Waals surface area contributed by atoms with E-state index in [4.69, 9.17) is 4.42 Å². The molecule has 2 heterocycles. The third-order valence-electron chi connectivity index (χ3n) is 2.49. The van der Waals surface area contributed by atoms with Crippen LogP contribution >= 0.6 is 0 Å². The van der Waals surface area contributed by atoms with Gasteiger partial charge in [-0.05, 0) is 18.2 Å². The van der Waals surface area contributed by atoms with Crippen LogP contribution in [0.4, 0.5) is 0 Å². The third-order valence-corrected chi connectivity index (χ3v) is 2.49. The number of nitrogens with zero attached hydrogens (tertiary/aromatic N) is 1. The predicted molar refractivity (Wildman–Crippen MR) is 60.9 cm³/mol. The summed E-state index contributed by atoms with van der Waals surface area (Å²) in [6.45, 7) is 0. The highest BCUT2D eigenvalue weighted by Gasteiger charge is 2.08. The fraction of sp³-hybridized carbons (Fsp3) is 0. The SMILES string of the molecule is O=c1cc2ccn(-c3ccccc3)cc-2o1. The maximum atomic E-state index is 11.1. The van der Waals surface area contributed by atoms with E-state index in [1.165, 1.54) is 6.07 Å². The van der Waals surface area contributed by atoms with Gasteiger partial charge in [0.15, 0.2) is 5.76 Å². The molecule has 0 unspecified atom stereocenters. The van der Waals surface area contributed by atoms with Gasteiger partial charge in [-0.15, -0.1) is 0 Å². The van der Waals surface area contributed by atoms with Crippen molar-refractivity contribution in [1.82, 2.24) is 4.57 Å². The van der Waals surface area contributed by atoms with Crippen LogP contribution in [0.3, 0.4) is 0 Å². The van der Waals surface area contributed by atoms with E-state index in [-0.39, 0.29) is 5.63 Å². The number of pyridine rings is 1. The van der Waals surface area contributed by atoms with Crippen LogP contribution in [-0.2, 0) is 0 Å². The third kappa shape index (κ3) is 1.42. The van der Waals surface area contributed by atoms with Gasteiger partial charge in [-0.1, -0.05) is 18.2 Å². The smallest absolute Gasteiger partial charge is 0.336 e. The molecule has 0 N–H and O–H groups in total. The first-order chi connectivity index (χ1) is 7.83. The fourth-order valence-corrected chi connectivity index (χ4v) is 1.72. The summed E-state index contributed by atoms with van der Waals surface area (Å²) >= 11 is 0. The summed E-state index contributed by atoms with van der Waals surface area (Å²) in [6, 6.07) is 13.2. The number of benzene rings is 1. The molecular weight excluding hydrogens is 202 g/mol. The van der Waals surface area contributed by atoms with Gasteiger partial charge in [-0.2, -0.15) is 0 Å². The number of rotatable bonds is 1. The zero-order valence-electron chi connectivity index (χ0n) is 8.46. The molecule has 1 aromatic rings. The highest BCUT2D eigenvalue weighted by atomic mass is 16.4. The van der Waals surface area contributed by atoms with Crippen molar-refractivity contribution in [2.75, 3.05) is 0 Å². The zero-order valence-corrected chi connectivity index (χ0v) is 8.46. The maximum absolute atomic E-state index is 11.1. The Labute approximate surface area is 91.9 Å². The number of para-hydroxylation sites is 1. The standard InChI is InChI=1S/C13H9NO2/c15-13-8-10-6-7-14(9-12(10)16-13)11-4-2-1-3-5-11/h1-9H. The molecule has 78 valence electrons. The van der Waals surface area contributed by atoms with Crippen LogP contribution in [0.25, 0.3) is 17.0 Å². The van der Waals surface area contributed by atoms with Crippen molar-refractivity contribution in [1.29, 1.82) is 0 Å². The van der Waals surface area contributed by atoms with Gasteiger partial charge in [0.05, 0.1) is 6.20 Å². The molecule has 0 saturated carbocycles. The monoisotopic (exact) mass is 211 g/mol. The molecule has 3 heteroatoms. The Bertz CT molecular complexity index is 637. The first-order valence-corrected chi connectivity index (χ1v) is 5.00. The van der Waals surface area contributed by atoms with Crippen LogP contribution < -0.4 is 5.63 Å².